The zero-order chi connectivity index (χ0) is 22.8. The summed E-state index contributed by atoms with van der Waals surface area (Å²) in [5.74, 6) is -0.154. The highest BCUT2D eigenvalue weighted by Crippen LogP contribution is 2.39. The lowest BCUT2D eigenvalue weighted by molar-refractivity contribution is -0.120. The van der Waals surface area contributed by atoms with E-state index in [-0.39, 0.29) is 18.6 Å². The number of carbonyl (C=O) groups is 1. The molecule has 0 radical (unpaired) electrons. The molecule has 0 bridgehead atoms. The van der Waals surface area contributed by atoms with Crippen LogP contribution in [0.25, 0.3) is 22.0 Å². The van der Waals surface area contributed by atoms with Crippen LogP contribution in [0.15, 0.2) is 43.1 Å². The maximum atomic E-state index is 12.8. The number of nitrogens with zero attached hydrogens (tertiary/aromatic N) is 4. The molecule has 2 N–H and O–H groups in total. The normalized spacial score (nSPS) is 16.2. The molecule has 4 heterocycles. The maximum absolute atomic E-state index is 12.8. The van der Waals surface area contributed by atoms with Gasteiger partial charge in [0, 0.05) is 47.4 Å². The average molecular weight is 485 g/mol. The summed E-state index contributed by atoms with van der Waals surface area (Å²) in [6, 6.07) is 3.67. The third kappa shape index (κ3) is 4.59. The Labute approximate surface area is 200 Å². The summed E-state index contributed by atoms with van der Waals surface area (Å²) in [6.07, 6.45) is 11.7. The molecule has 10 heteroatoms. The van der Waals surface area contributed by atoms with E-state index in [4.69, 9.17) is 27.9 Å². The van der Waals surface area contributed by atoms with Crippen molar-refractivity contribution >= 4 is 40.0 Å². The average Bonchev–Trinajstić information content (AvgIpc) is 3.46. The lowest BCUT2D eigenvalue weighted by atomic mass is 10.0. The summed E-state index contributed by atoms with van der Waals surface area (Å²) in [7, 11) is 0. The fraction of sp³-hybridized carbons (Fsp3) is 0.304. The number of ether oxygens (including phenoxy) is 1. The summed E-state index contributed by atoms with van der Waals surface area (Å²) in [5.41, 5.74) is 3.87. The Morgan fingerprint density at radius 3 is 2.94 bits per heavy atom. The van der Waals surface area contributed by atoms with Gasteiger partial charge in [-0.1, -0.05) is 29.3 Å². The van der Waals surface area contributed by atoms with Crippen LogP contribution in [0.4, 0.5) is 0 Å². The largest absolute Gasteiger partial charge is 0.357 e. The van der Waals surface area contributed by atoms with Gasteiger partial charge in [0.15, 0.2) is 0 Å². The Bertz CT molecular complexity index is 1280. The molecule has 1 unspecified atom stereocenters. The molecule has 0 aliphatic carbocycles. The van der Waals surface area contributed by atoms with Crippen LogP contribution < -0.4 is 5.32 Å². The summed E-state index contributed by atoms with van der Waals surface area (Å²) in [6.45, 7) is 1.03. The van der Waals surface area contributed by atoms with Crippen LogP contribution in [-0.2, 0) is 22.5 Å². The number of benzene rings is 1. The molecule has 8 nitrogen and oxygen atoms in total. The Hall–Kier alpha value is -2.94. The second-order valence-electron chi connectivity index (χ2n) is 7.94. The molecule has 1 aliphatic heterocycles. The molecule has 0 spiro atoms. The van der Waals surface area contributed by atoms with Crippen molar-refractivity contribution in [3.63, 3.8) is 0 Å². The van der Waals surface area contributed by atoms with Gasteiger partial charge >= 0.3 is 0 Å². The number of rotatable bonds is 6. The summed E-state index contributed by atoms with van der Waals surface area (Å²) in [5, 5.41) is 9.18. The van der Waals surface area contributed by atoms with E-state index in [9.17, 15) is 4.79 Å². The van der Waals surface area contributed by atoms with Crippen molar-refractivity contribution < 1.29 is 9.53 Å². The Kier molecular flexibility index (Phi) is 6.30. The van der Waals surface area contributed by atoms with Gasteiger partial charge in [0.25, 0.3) is 0 Å². The quantitative estimate of drug-likeness (QED) is 0.413. The van der Waals surface area contributed by atoms with Crippen molar-refractivity contribution in [2.24, 2.45) is 0 Å². The molecule has 1 atom stereocenters. The number of carbonyl (C=O) groups excluding carboxylic acids is 1. The molecule has 1 aliphatic rings. The lowest BCUT2D eigenvalue weighted by Crippen LogP contribution is -2.25. The van der Waals surface area contributed by atoms with Crippen molar-refractivity contribution in [1.82, 2.24) is 30.0 Å². The van der Waals surface area contributed by atoms with E-state index in [1.54, 1.807) is 30.9 Å². The van der Waals surface area contributed by atoms with Crippen molar-refractivity contribution in [3.8, 4) is 11.1 Å². The van der Waals surface area contributed by atoms with Crippen LogP contribution in [-0.4, -0.2) is 37.2 Å². The highest BCUT2D eigenvalue weighted by molar-refractivity contribution is 6.45. The van der Waals surface area contributed by atoms with Crippen LogP contribution in [0, 0.1) is 0 Å². The Balaban J connectivity index is 1.46. The van der Waals surface area contributed by atoms with Crippen molar-refractivity contribution in [1.29, 1.82) is 0 Å². The monoisotopic (exact) mass is 484 g/mol. The first-order valence-corrected chi connectivity index (χ1v) is 11.5. The molecule has 0 saturated carbocycles. The zero-order valence-corrected chi connectivity index (χ0v) is 19.2. The maximum Gasteiger partial charge on any atom is 0.226 e. The van der Waals surface area contributed by atoms with Gasteiger partial charge in [-0.15, -0.1) is 0 Å². The zero-order valence-electron chi connectivity index (χ0n) is 17.7. The predicted molar refractivity (Wildman–Crippen MR) is 126 cm³/mol. The minimum atomic E-state index is -0.154. The molecular weight excluding hydrogens is 463 g/mol. The van der Waals surface area contributed by atoms with E-state index in [0.717, 1.165) is 48.1 Å². The number of hydrogen-bond acceptors (Lipinski definition) is 5. The van der Waals surface area contributed by atoms with E-state index < -0.39 is 0 Å². The van der Waals surface area contributed by atoms with Gasteiger partial charge in [-0.2, -0.15) is 5.10 Å². The van der Waals surface area contributed by atoms with Crippen molar-refractivity contribution in [3.05, 3.63) is 64.6 Å². The lowest BCUT2D eigenvalue weighted by Gasteiger charge is -2.22. The van der Waals surface area contributed by atoms with Crippen LogP contribution in [0.1, 0.15) is 36.9 Å². The van der Waals surface area contributed by atoms with E-state index in [2.05, 4.69) is 25.4 Å². The molecule has 1 aromatic carbocycles. The molecule has 33 heavy (non-hydrogen) atoms. The molecule has 1 saturated heterocycles. The van der Waals surface area contributed by atoms with Crippen LogP contribution in [0.3, 0.4) is 0 Å². The van der Waals surface area contributed by atoms with Gasteiger partial charge in [-0.05, 0) is 25.3 Å². The SMILES string of the molecule is O=C(Cc1[nH]c2c(Cl)c(Cl)ccc2c1-c1cnn(C2CCCCO2)c1)NCc1cnccn1. The topological polar surface area (TPSA) is 97.7 Å². The number of nitrogens with one attached hydrogen (secondary N) is 2. The van der Waals surface area contributed by atoms with E-state index in [0.29, 0.717) is 27.8 Å². The third-order valence-corrected chi connectivity index (χ3v) is 6.51. The minimum Gasteiger partial charge on any atom is -0.357 e. The first-order chi connectivity index (χ1) is 16.1. The highest BCUT2D eigenvalue weighted by atomic mass is 35.5. The Morgan fingerprint density at radius 1 is 1.24 bits per heavy atom. The summed E-state index contributed by atoms with van der Waals surface area (Å²) >= 11 is 12.7. The fourth-order valence-electron chi connectivity index (χ4n) is 4.11. The van der Waals surface area contributed by atoms with Gasteiger partial charge in [0.2, 0.25) is 5.91 Å². The van der Waals surface area contributed by atoms with Crippen LogP contribution >= 0.6 is 23.2 Å². The van der Waals surface area contributed by atoms with Gasteiger partial charge in [0.1, 0.15) is 6.23 Å². The number of aromatic amines is 1. The molecule has 3 aromatic heterocycles. The van der Waals surface area contributed by atoms with Crippen molar-refractivity contribution in [2.75, 3.05) is 6.61 Å². The number of halogens is 2. The fourth-order valence-corrected chi connectivity index (χ4v) is 4.48. The molecular formula is C23H22Cl2N6O2. The summed E-state index contributed by atoms with van der Waals surface area (Å²) in [4.78, 5) is 24.3. The molecule has 4 aromatic rings. The number of H-pyrrole nitrogens is 1. The van der Waals surface area contributed by atoms with Gasteiger partial charge in [-0.25, -0.2) is 4.68 Å². The molecule has 5 rings (SSSR count). The smallest absolute Gasteiger partial charge is 0.226 e. The highest BCUT2D eigenvalue weighted by Gasteiger charge is 2.22. The third-order valence-electron chi connectivity index (χ3n) is 5.70. The number of hydrogen-bond donors (Lipinski definition) is 2. The van der Waals surface area contributed by atoms with Gasteiger partial charge in [-0.3, -0.25) is 14.8 Å². The minimum absolute atomic E-state index is 0.0746. The van der Waals surface area contributed by atoms with E-state index in [1.165, 1.54) is 0 Å². The van der Waals surface area contributed by atoms with Gasteiger partial charge in [0.05, 0.1) is 46.6 Å². The molecule has 1 amide bonds. The van der Waals surface area contributed by atoms with Crippen molar-refractivity contribution in [2.45, 2.75) is 38.5 Å². The molecule has 1 fully saturated rings. The molecule has 170 valence electrons. The number of fused-ring (bicyclic) bond motifs is 1. The first kappa shape index (κ1) is 21.9. The standard InChI is InChI=1S/C23H22Cl2N6O2/c24-17-5-4-16-21(14-10-29-31(13-14)20-3-1-2-8-33-20)18(30-23(16)22(17)25)9-19(32)28-12-15-11-26-6-7-27-15/h4-7,10-11,13,20,30H,1-3,8-9,12H2,(H,28,32). The van der Waals surface area contributed by atoms with E-state index >= 15 is 0 Å². The van der Waals surface area contributed by atoms with Crippen LogP contribution in [0.2, 0.25) is 10.0 Å². The number of aromatic nitrogens is 5. The van der Waals surface area contributed by atoms with E-state index in [1.807, 2.05) is 16.9 Å². The Morgan fingerprint density at radius 2 is 2.15 bits per heavy atom. The second kappa shape index (κ2) is 9.51. The first-order valence-electron chi connectivity index (χ1n) is 10.8. The predicted octanol–water partition coefficient (Wildman–Crippen LogP) is 4.69. The number of amides is 1. The van der Waals surface area contributed by atoms with Gasteiger partial charge < -0.3 is 15.0 Å². The second-order valence-corrected chi connectivity index (χ2v) is 8.73. The van der Waals surface area contributed by atoms with Crippen LogP contribution in [0.5, 0.6) is 0 Å². The summed E-state index contributed by atoms with van der Waals surface area (Å²) < 4.78 is 7.71.